The summed E-state index contributed by atoms with van der Waals surface area (Å²) in [5.41, 5.74) is 6.48. The van der Waals surface area contributed by atoms with Gasteiger partial charge in [0, 0.05) is 19.6 Å². The van der Waals surface area contributed by atoms with E-state index in [0.717, 1.165) is 6.42 Å². The summed E-state index contributed by atoms with van der Waals surface area (Å²) in [6.45, 7) is 7.95. The Hall–Kier alpha value is -0.910. The zero-order valence-corrected chi connectivity index (χ0v) is 13.3. The maximum Gasteiger partial charge on any atom is 0.243 e. The van der Waals surface area contributed by atoms with E-state index in [2.05, 4.69) is 20.8 Å². The first-order chi connectivity index (χ1) is 9.26. The lowest BCUT2D eigenvalue weighted by Crippen LogP contribution is -2.32. The second-order valence-corrected chi connectivity index (χ2v) is 8.43. The van der Waals surface area contributed by atoms with Gasteiger partial charge in [0.25, 0.3) is 0 Å². The molecule has 1 unspecified atom stereocenters. The molecule has 5 heteroatoms. The van der Waals surface area contributed by atoms with Crippen LogP contribution in [0.1, 0.15) is 32.8 Å². The molecule has 0 radical (unpaired) electrons. The van der Waals surface area contributed by atoms with Gasteiger partial charge in [-0.25, -0.2) is 8.42 Å². The van der Waals surface area contributed by atoms with Crippen molar-refractivity contribution < 1.29 is 8.42 Å². The molecule has 2 N–H and O–H groups in total. The summed E-state index contributed by atoms with van der Waals surface area (Å²) in [6.07, 6.45) is 0.924. The molecule has 1 aliphatic rings. The fourth-order valence-corrected chi connectivity index (χ4v) is 4.45. The van der Waals surface area contributed by atoms with Gasteiger partial charge in [-0.2, -0.15) is 4.31 Å². The number of rotatable bonds is 3. The molecule has 1 heterocycles. The Morgan fingerprint density at radius 3 is 2.50 bits per heavy atom. The summed E-state index contributed by atoms with van der Waals surface area (Å²) < 4.78 is 27.1. The quantitative estimate of drug-likeness (QED) is 0.930. The number of nitrogens with zero attached hydrogens (tertiary/aromatic N) is 1. The standard InChI is InChI=1S/C15H24N2O2S/c1-15(2,3)13-8-9-17(11-13)20(18,19)14-7-5-4-6-12(14)10-16/h4-7,13H,8-11,16H2,1-3H3. The van der Waals surface area contributed by atoms with E-state index in [1.807, 2.05) is 6.07 Å². The van der Waals surface area contributed by atoms with Crippen LogP contribution in [0.2, 0.25) is 0 Å². The number of benzene rings is 1. The summed E-state index contributed by atoms with van der Waals surface area (Å²) in [5, 5.41) is 0. The van der Waals surface area contributed by atoms with Gasteiger partial charge in [-0.15, -0.1) is 0 Å². The summed E-state index contributed by atoms with van der Waals surface area (Å²) in [7, 11) is -3.42. The summed E-state index contributed by atoms with van der Waals surface area (Å²) >= 11 is 0. The first-order valence-electron chi connectivity index (χ1n) is 7.05. The second kappa shape index (κ2) is 5.47. The Kier molecular flexibility index (Phi) is 4.23. The van der Waals surface area contributed by atoms with Crippen LogP contribution in [-0.4, -0.2) is 25.8 Å². The maximum absolute atomic E-state index is 12.8. The Morgan fingerprint density at radius 1 is 1.30 bits per heavy atom. The number of hydrogen-bond donors (Lipinski definition) is 1. The minimum Gasteiger partial charge on any atom is -0.326 e. The molecular weight excluding hydrogens is 272 g/mol. The molecule has 0 spiro atoms. The van der Waals surface area contributed by atoms with E-state index < -0.39 is 10.0 Å². The molecular formula is C15H24N2O2S. The first-order valence-corrected chi connectivity index (χ1v) is 8.49. The molecule has 0 aromatic heterocycles. The Balaban J connectivity index is 2.29. The molecule has 2 rings (SSSR count). The third kappa shape index (κ3) is 2.90. The lowest BCUT2D eigenvalue weighted by atomic mass is 9.80. The van der Waals surface area contributed by atoms with Crippen LogP contribution in [-0.2, 0) is 16.6 Å². The number of hydrogen-bond acceptors (Lipinski definition) is 3. The topological polar surface area (TPSA) is 63.4 Å². The Morgan fingerprint density at radius 2 is 1.95 bits per heavy atom. The second-order valence-electron chi connectivity index (χ2n) is 6.53. The van der Waals surface area contributed by atoms with E-state index in [9.17, 15) is 8.42 Å². The average Bonchev–Trinajstić information content (AvgIpc) is 2.88. The van der Waals surface area contributed by atoms with E-state index in [4.69, 9.17) is 5.73 Å². The van der Waals surface area contributed by atoms with Gasteiger partial charge in [0.2, 0.25) is 10.0 Å². The zero-order valence-electron chi connectivity index (χ0n) is 12.5. The Bertz CT molecular complexity index is 576. The molecule has 1 aromatic rings. The van der Waals surface area contributed by atoms with Gasteiger partial charge in [-0.3, -0.25) is 0 Å². The number of nitrogens with two attached hydrogens (primary N) is 1. The van der Waals surface area contributed by atoms with Crippen molar-refractivity contribution in [2.24, 2.45) is 17.1 Å². The van der Waals surface area contributed by atoms with Crippen molar-refractivity contribution in [2.75, 3.05) is 13.1 Å². The van der Waals surface area contributed by atoms with Crippen LogP contribution in [0.4, 0.5) is 0 Å². The molecule has 1 aliphatic heterocycles. The van der Waals surface area contributed by atoms with E-state index in [1.165, 1.54) is 0 Å². The van der Waals surface area contributed by atoms with Gasteiger partial charge in [0.1, 0.15) is 0 Å². The van der Waals surface area contributed by atoms with Crippen LogP contribution in [0.15, 0.2) is 29.2 Å². The molecule has 0 saturated carbocycles. The molecule has 0 amide bonds. The summed E-state index contributed by atoms with van der Waals surface area (Å²) in [5.74, 6) is 0.405. The van der Waals surface area contributed by atoms with Gasteiger partial charge >= 0.3 is 0 Å². The summed E-state index contributed by atoms with van der Waals surface area (Å²) in [4.78, 5) is 0.358. The fraction of sp³-hybridized carbons (Fsp3) is 0.600. The average molecular weight is 296 g/mol. The third-order valence-corrected chi connectivity index (χ3v) is 6.15. The smallest absolute Gasteiger partial charge is 0.243 e. The Labute approximate surface area is 122 Å². The lowest BCUT2D eigenvalue weighted by Gasteiger charge is -2.27. The highest BCUT2D eigenvalue weighted by Crippen LogP contribution is 2.36. The van der Waals surface area contributed by atoms with Crippen molar-refractivity contribution in [1.82, 2.24) is 4.31 Å². The minimum absolute atomic E-state index is 0.137. The zero-order chi connectivity index (χ0) is 15.0. The minimum atomic E-state index is -3.42. The highest BCUT2D eigenvalue weighted by Gasteiger charge is 2.38. The van der Waals surface area contributed by atoms with Crippen LogP contribution in [0.5, 0.6) is 0 Å². The fourth-order valence-electron chi connectivity index (χ4n) is 2.72. The molecule has 4 nitrogen and oxygen atoms in total. The van der Waals surface area contributed by atoms with Crippen molar-refractivity contribution >= 4 is 10.0 Å². The van der Waals surface area contributed by atoms with Crippen molar-refractivity contribution in [1.29, 1.82) is 0 Å². The van der Waals surface area contributed by atoms with Crippen LogP contribution in [0.25, 0.3) is 0 Å². The predicted molar refractivity (Wildman–Crippen MR) is 80.7 cm³/mol. The summed E-state index contributed by atoms with van der Waals surface area (Å²) in [6, 6.07) is 7.01. The van der Waals surface area contributed by atoms with Crippen LogP contribution < -0.4 is 5.73 Å². The van der Waals surface area contributed by atoms with Crippen LogP contribution >= 0.6 is 0 Å². The van der Waals surface area contributed by atoms with Gasteiger partial charge in [0.15, 0.2) is 0 Å². The third-order valence-electron chi connectivity index (χ3n) is 4.19. The SMILES string of the molecule is CC(C)(C)C1CCN(S(=O)(=O)c2ccccc2CN)C1. The van der Waals surface area contributed by atoms with Gasteiger partial charge in [-0.1, -0.05) is 39.0 Å². The van der Waals surface area contributed by atoms with Gasteiger partial charge in [-0.05, 0) is 29.4 Å². The highest BCUT2D eigenvalue weighted by atomic mass is 32.2. The highest BCUT2D eigenvalue weighted by molar-refractivity contribution is 7.89. The van der Waals surface area contributed by atoms with Crippen molar-refractivity contribution in [3.63, 3.8) is 0 Å². The van der Waals surface area contributed by atoms with E-state index in [1.54, 1.807) is 22.5 Å². The molecule has 1 atom stereocenters. The first kappa shape index (κ1) is 15.5. The van der Waals surface area contributed by atoms with Crippen LogP contribution in [0.3, 0.4) is 0 Å². The van der Waals surface area contributed by atoms with Crippen molar-refractivity contribution in [2.45, 2.75) is 38.6 Å². The van der Waals surface area contributed by atoms with E-state index >= 15 is 0 Å². The normalized spacial score (nSPS) is 21.3. The number of sulfonamides is 1. The molecule has 112 valence electrons. The predicted octanol–water partition coefficient (Wildman–Crippen LogP) is 2.20. The molecule has 1 aromatic carbocycles. The molecule has 0 bridgehead atoms. The molecule has 1 fully saturated rings. The monoisotopic (exact) mass is 296 g/mol. The van der Waals surface area contributed by atoms with E-state index in [0.29, 0.717) is 29.5 Å². The van der Waals surface area contributed by atoms with E-state index in [-0.39, 0.29) is 12.0 Å². The lowest BCUT2D eigenvalue weighted by molar-refractivity contribution is 0.252. The van der Waals surface area contributed by atoms with Gasteiger partial charge < -0.3 is 5.73 Å². The molecule has 20 heavy (non-hydrogen) atoms. The van der Waals surface area contributed by atoms with Crippen molar-refractivity contribution in [3.05, 3.63) is 29.8 Å². The molecule has 1 saturated heterocycles. The largest absolute Gasteiger partial charge is 0.326 e. The van der Waals surface area contributed by atoms with Crippen LogP contribution in [0, 0.1) is 11.3 Å². The maximum atomic E-state index is 12.8. The van der Waals surface area contributed by atoms with Gasteiger partial charge in [0.05, 0.1) is 4.90 Å². The van der Waals surface area contributed by atoms with Crippen molar-refractivity contribution in [3.8, 4) is 0 Å². The molecule has 0 aliphatic carbocycles.